The Morgan fingerprint density at radius 1 is 1.10 bits per heavy atom. The molecule has 0 saturated carbocycles. The van der Waals surface area contributed by atoms with Gasteiger partial charge in [-0.3, -0.25) is 4.57 Å². The normalized spacial score (nSPS) is 10.8. The van der Waals surface area contributed by atoms with Crippen molar-refractivity contribution in [3.63, 3.8) is 0 Å². The lowest BCUT2D eigenvalue weighted by molar-refractivity contribution is 0.0598. The molecule has 0 amide bonds. The Morgan fingerprint density at radius 2 is 1.86 bits per heavy atom. The van der Waals surface area contributed by atoms with Gasteiger partial charge in [0.15, 0.2) is 11.0 Å². The number of carbonyl (C=O) groups excluding carboxylic acids is 1. The van der Waals surface area contributed by atoms with Gasteiger partial charge in [-0.05, 0) is 30.3 Å². The zero-order chi connectivity index (χ0) is 20.2. The lowest BCUT2D eigenvalue weighted by atomic mass is 10.2. The van der Waals surface area contributed by atoms with Crippen molar-refractivity contribution < 1.29 is 18.3 Å². The third kappa shape index (κ3) is 3.93. The second kappa shape index (κ2) is 8.32. The Labute approximate surface area is 170 Å². The molecule has 146 valence electrons. The first-order valence-corrected chi connectivity index (χ1v) is 9.70. The van der Waals surface area contributed by atoms with Crippen LogP contribution >= 0.6 is 11.8 Å². The van der Waals surface area contributed by atoms with E-state index in [4.69, 9.17) is 9.15 Å². The van der Waals surface area contributed by atoms with Gasteiger partial charge in [0.2, 0.25) is 0 Å². The topological polar surface area (TPSA) is 70.2 Å². The second-order valence-electron chi connectivity index (χ2n) is 6.02. The Bertz CT molecular complexity index is 1120. The average Bonchev–Trinajstić information content (AvgIpc) is 3.40. The summed E-state index contributed by atoms with van der Waals surface area (Å²) in [5.41, 5.74) is 1.98. The highest BCUT2D eigenvalue weighted by atomic mass is 32.2. The minimum absolute atomic E-state index is 0.324. The van der Waals surface area contributed by atoms with Crippen molar-refractivity contribution in [3.05, 3.63) is 84.1 Å². The number of nitrogens with zero attached hydrogens (tertiary/aromatic N) is 3. The Kier molecular flexibility index (Phi) is 5.44. The highest BCUT2D eigenvalue weighted by Crippen LogP contribution is 2.30. The smallest absolute Gasteiger partial charge is 0.341 e. The number of halogens is 1. The molecule has 0 atom stereocenters. The molecule has 0 bridgehead atoms. The molecular weight excluding hydrogens is 393 g/mol. The molecule has 0 aliphatic heterocycles. The van der Waals surface area contributed by atoms with Crippen LogP contribution in [0.1, 0.15) is 16.1 Å². The van der Waals surface area contributed by atoms with Crippen LogP contribution < -0.4 is 0 Å². The van der Waals surface area contributed by atoms with E-state index in [1.807, 2.05) is 34.9 Å². The van der Waals surface area contributed by atoms with Crippen LogP contribution in [-0.4, -0.2) is 27.8 Å². The summed E-state index contributed by atoms with van der Waals surface area (Å²) in [6, 6.07) is 17.3. The van der Waals surface area contributed by atoms with Crippen molar-refractivity contribution in [2.45, 2.75) is 10.9 Å². The molecule has 0 aliphatic rings. The quantitative estimate of drug-likeness (QED) is 0.338. The van der Waals surface area contributed by atoms with Crippen LogP contribution in [0.25, 0.3) is 17.1 Å². The van der Waals surface area contributed by atoms with Gasteiger partial charge in [-0.1, -0.05) is 42.1 Å². The van der Waals surface area contributed by atoms with E-state index in [2.05, 4.69) is 10.2 Å². The van der Waals surface area contributed by atoms with E-state index in [1.54, 1.807) is 18.2 Å². The Morgan fingerprint density at radius 3 is 2.59 bits per heavy atom. The molecule has 0 N–H and O–H groups in total. The lowest BCUT2D eigenvalue weighted by Gasteiger charge is -2.10. The molecule has 2 aromatic carbocycles. The second-order valence-corrected chi connectivity index (χ2v) is 6.96. The van der Waals surface area contributed by atoms with Gasteiger partial charge in [0, 0.05) is 11.3 Å². The van der Waals surface area contributed by atoms with E-state index in [9.17, 15) is 9.18 Å². The maximum atomic E-state index is 13.4. The van der Waals surface area contributed by atoms with Crippen molar-refractivity contribution in [1.29, 1.82) is 0 Å². The molecular formula is C21H16FN3O3S. The fourth-order valence-corrected chi connectivity index (χ4v) is 3.74. The zero-order valence-electron chi connectivity index (χ0n) is 15.4. The molecule has 0 unspecified atom stereocenters. The number of methoxy groups -OCH3 is 1. The largest absolute Gasteiger partial charge is 0.468 e. The van der Waals surface area contributed by atoms with E-state index < -0.39 is 5.97 Å². The molecule has 4 aromatic rings. The number of aromatic nitrogens is 3. The van der Waals surface area contributed by atoms with Crippen molar-refractivity contribution in [2.24, 2.45) is 0 Å². The van der Waals surface area contributed by atoms with E-state index in [0.717, 1.165) is 11.3 Å². The molecule has 29 heavy (non-hydrogen) atoms. The fourth-order valence-electron chi connectivity index (χ4n) is 2.83. The molecule has 0 spiro atoms. The van der Waals surface area contributed by atoms with Gasteiger partial charge in [0.05, 0.1) is 19.1 Å². The molecule has 2 aromatic heterocycles. The van der Waals surface area contributed by atoms with Crippen LogP contribution in [-0.2, 0) is 10.5 Å². The van der Waals surface area contributed by atoms with Crippen LogP contribution in [0.3, 0.4) is 0 Å². The predicted octanol–water partition coefficient (Wildman–Crippen LogP) is 4.75. The van der Waals surface area contributed by atoms with Gasteiger partial charge in [0.1, 0.15) is 17.1 Å². The predicted molar refractivity (Wildman–Crippen MR) is 106 cm³/mol. The van der Waals surface area contributed by atoms with Gasteiger partial charge in [0.25, 0.3) is 0 Å². The van der Waals surface area contributed by atoms with Crippen LogP contribution in [0.15, 0.2) is 76.5 Å². The third-order valence-corrected chi connectivity index (χ3v) is 5.16. The van der Waals surface area contributed by atoms with Crippen LogP contribution in [0.4, 0.5) is 4.39 Å². The molecule has 6 nitrogen and oxygen atoms in total. The molecule has 0 fully saturated rings. The van der Waals surface area contributed by atoms with E-state index in [0.29, 0.717) is 28.1 Å². The van der Waals surface area contributed by atoms with E-state index >= 15 is 0 Å². The monoisotopic (exact) mass is 409 g/mol. The van der Waals surface area contributed by atoms with Crippen molar-refractivity contribution in [3.8, 4) is 17.1 Å². The van der Waals surface area contributed by atoms with Gasteiger partial charge in [-0.25, -0.2) is 9.18 Å². The number of thioether (sulfide) groups is 1. The minimum Gasteiger partial charge on any atom is -0.468 e. The van der Waals surface area contributed by atoms with Gasteiger partial charge in [-0.15, -0.1) is 10.2 Å². The van der Waals surface area contributed by atoms with Crippen LogP contribution in [0.5, 0.6) is 0 Å². The molecule has 2 heterocycles. The number of carbonyl (C=O) groups is 1. The highest BCUT2D eigenvalue weighted by Gasteiger charge is 2.19. The van der Waals surface area contributed by atoms with Gasteiger partial charge < -0.3 is 9.15 Å². The number of hydrogen-bond acceptors (Lipinski definition) is 6. The minimum atomic E-state index is -0.459. The first-order chi connectivity index (χ1) is 14.2. The average molecular weight is 409 g/mol. The fraction of sp³-hybridized carbons (Fsp3) is 0.0952. The van der Waals surface area contributed by atoms with E-state index in [-0.39, 0.29) is 5.82 Å². The third-order valence-electron chi connectivity index (χ3n) is 4.23. The summed E-state index contributed by atoms with van der Waals surface area (Å²) in [5.74, 6) is 0.685. The number of rotatable bonds is 6. The van der Waals surface area contributed by atoms with Crippen molar-refractivity contribution in [1.82, 2.24) is 14.8 Å². The molecule has 0 aliphatic carbocycles. The first kappa shape index (κ1) is 18.9. The lowest BCUT2D eigenvalue weighted by Crippen LogP contribution is -2.03. The van der Waals surface area contributed by atoms with Crippen molar-refractivity contribution in [2.75, 3.05) is 7.11 Å². The summed E-state index contributed by atoms with van der Waals surface area (Å²) in [7, 11) is 1.32. The molecule has 4 rings (SSSR count). The summed E-state index contributed by atoms with van der Waals surface area (Å²) in [4.78, 5) is 11.9. The highest BCUT2D eigenvalue weighted by molar-refractivity contribution is 7.98. The number of furan rings is 1. The maximum Gasteiger partial charge on any atom is 0.341 e. The summed E-state index contributed by atoms with van der Waals surface area (Å²) in [6.45, 7) is 0. The standard InChI is InChI=1S/C21H16FN3O3S/c1-27-20(26)17-11-12-28-18(17)13-29-21-24-23-19(14-5-3-2-4-6-14)25(21)16-9-7-15(22)8-10-16/h2-12H,13H2,1H3. The Balaban J connectivity index is 1.70. The molecule has 0 radical (unpaired) electrons. The SMILES string of the molecule is COC(=O)c1ccoc1CSc1nnc(-c2ccccc2)n1-c1ccc(F)cc1. The molecule has 8 heteroatoms. The summed E-state index contributed by atoms with van der Waals surface area (Å²) >= 11 is 1.36. The zero-order valence-corrected chi connectivity index (χ0v) is 16.2. The van der Waals surface area contributed by atoms with Gasteiger partial charge in [-0.2, -0.15) is 0 Å². The van der Waals surface area contributed by atoms with Crippen LogP contribution in [0.2, 0.25) is 0 Å². The van der Waals surface area contributed by atoms with E-state index in [1.165, 1.54) is 37.3 Å². The number of esters is 1. The summed E-state index contributed by atoms with van der Waals surface area (Å²) in [5, 5.41) is 9.23. The number of hydrogen-bond donors (Lipinski definition) is 0. The van der Waals surface area contributed by atoms with Crippen LogP contribution in [0, 0.1) is 5.82 Å². The Hall–Kier alpha value is -3.39. The summed E-state index contributed by atoms with van der Waals surface area (Å²) in [6.07, 6.45) is 1.45. The number of ether oxygens (including phenoxy) is 1. The number of benzene rings is 2. The summed E-state index contributed by atoms with van der Waals surface area (Å²) < 4.78 is 25.5. The van der Waals surface area contributed by atoms with Crippen molar-refractivity contribution >= 4 is 17.7 Å². The van der Waals surface area contributed by atoms with Gasteiger partial charge >= 0.3 is 5.97 Å². The maximum absolute atomic E-state index is 13.4. The first-order valence-electron chi connectivity index (χ1n) is 8.71. The molecule has 0 saturated heterocycles.